The van der Waals surface area contributed by atoms with Gasteiger partial charge in [-0.25, -0.2) is 9.18 Å². The first-order valence-corrected chi connectivity index (χ1v) is 9.83. The van der Waals surface area contributed by atoms with E-state index in [1.165, 1.54) is 24.3 Å². The van der Waals surface area contributed by atoms with Gasteiger partial charge >= 0.3 is 5.97 Å². The maximum Gasteiger partial charge on any atom is 0.338 e. The second-order valence-electron chi connectivity index (χ2n) is 5.81. The molecule has 8 heteroatoms. The van der Waals surface area contributed by atoms with Gasteiger partial charge in [0.1, 0.15) is 5.82 Å². The molecular formula is C20H21FN2O4S. The van der Waals surface area contributed by atoms with E-state index in [-0.39, 0.29) is 29.1 Å². The van der Waals surface area contributed by atoms with Crippen LogP contribution in [0.15, 0.2) is 48.5 Å². The average molecular weight is 404 g/mol. The van der Waals surface area contributed by atoms with Crippen LogP contribution in [-0.2, 0) is 14.3 Å². The van der Waals surface area contributed by atoms with Gasteiger partial charge in [0.2, 0.25) is 11.8 Å². The molecule has 0 aliphatic rings. The third-order valence-corrected chi connectivity index (χ3v) is 4.35. The number of anilines is 2. The molecule has 0 radical (unpaired) electrons. The molecule has 0 fully saturated rings. The topological polar surface area (TPSA) is 84.5 Å². The number of thioether (sulfide) groups is 1. The smallest absolute Gasteiger partial charge is 0.338 e. The Morgan fingerprint density at radius 2 is 1.61 bits per heavy atom. The van der Waals surface area contributed by atoms with Crippen LogP contribution in [0.1, 0.15) is 23.7 Å². The fourth-order valence-electron chi connectivity index (χ4n) is 2.17. The summed E-state index contributed by atoms with van der Waals surface area (Å²) in [5.74, 6) is -1.25. The Bertz CT molecular complexity index is 827. The molecule has 0 aromatic heterocycles. The molecule has 0 spiro atoms. The van der Waals surface area contributed by atoms with Crippen molar-refractivity contribution in [2.75, 3.05) is 28.7 Å². The highest BCUT2D eigenvalue weighted by molar-refractivity contribution is 8.00. The Morgan fingerprint density at radius 1 is 0.964 bits per heavy atom. The zero-order chi connectivity index (χ0) is 20.4. The van der Waals surface area contributed by atoms with Gasteiger partial charge in [-0.05, 0) is 48.9 Å². The van der Waals surface area contributed by atoms with Crippen LogP contribution < -0.4 is 10.6 Å². The molecule has 0 atom stereocenters. The number of carbonyl (C=O) groups excluding carboxylic acids is 3. The van der Waals surface area contributed by atoms with E-state index in [0.29, 0.717) is 23.5 Å². The predicted octanol–water partition coefficient (Wildman–Crippen LogP) is 3.70. The summed E-state index contributed by atoms with van der Waals surface area (Å²) in [5.41, 5.74) is 1.33. The van der Waals surface area contributed by atoms with Crippen molar-refractivity contribution >= 4 is 40.9 Å². The second-order valence-corrected chi connectivity index (χ2v) is 6.80. The van der Waals surface area contributed by atoms with Crippen molar-refractivity contribution in [2.24, 2.45) is 0 Å². The zero-order valence-corrected chi connectivity index (χ0v) is 16.2. The SMILES string of the molecule is CCCOC(=O)c1cccc(NC(=O)CSCC(=O)Nc2ccc(F)cc2)c1. The molecule has 2 rings (SSSR count). The number of amides is 2. The van der Waals surface area contributed by atoms with Crippen LogP contribution in [0.2, 0.25) is 0 Å². The molecule has 2 aromatic carbocycles. The Hall–Kier alpha value is -2.87. The fraction of sp³-hybridized carbons (Fsp3) is 0.250. The van der Waals surface area contributed by atoms with E-state index in [1.807, 2.05) is 6.92 Å². The van der Waals surface area contributed by atoms with Crippen molar-refractivity contribution in [1.29, 1.82) is 0 Å². The highest BCUT2D eigenvalue weighted by atomic mass is 32.2. The maximum absolute atomic E-state index is 12.8. The molecular weight excluding hydrogens is 383 g/mol. The number of ether oxygens (including phenoxy) is 1. The fourth-order valence-corrected chi connectivity index (χ4v) is 2.78. The third-order valence-electron chi connectivity index (χ3n) is 3.41. The minimum atomic E-state index is -0.440. The number of carbonyl (C=O) groups is 3. The van der Waals surface area contributed by atoms with Crippen molar-refractivity contribution in [2.45, 2.75) is 13.3 Å². The summed E-state index contributed by atoms with van der Waals surface area (Å²) in [5, 5.41) is 5.30. The van der Waals surface area contributed by atoms with Crippen LogP contribution in [-0.4, -0.2) is 35.9 Å². The van der Waals surface area contributed by atoms with Crippen molar-refractivity contribution in [3.05, 3.63) is 59.9 Å². The lowest BCUT2D eigenvalue weighted by molar-refractivity contribution is -0.114. The largest absolute Gasteiger partial charge is 0.462 e. The van der Waals surface area contributed by atoms with Crippen LogP contribution in [0.3, 0.4) is 0 Å². The van der Waals surface area contributed by atoms with E-state index < -0.39 is 5.97 Å². The second kappa shape index (κ2) is 11.1. The van der Waals surface area contributed by atoms with Gasteiger partial charge in [-0.1, -0.05) is 13.0 Å². The predicted molar refractivity (Wildman–Crippen MR) is 108 cm³/mol. The lowest BCUT2D eigenvalue weighted by Gasteiger charge is -2.08. The summed E-state index contributed by atoms with van der Waals surface area (Å²) in [6.45, 7) is 2.24. The van der Waals surface area contributed by atoms with Gasteiger partial charge < -0.3 is 15.4 Å². The summed E-state index contributed by atoms with van der Waals surface area (Å²) in [6, 6.07) is 11.9. The molecule has 2 N–H and O–H groups in total. The quantitative estimate of drug-likeness (QED) is 0.623. The number of nitrogens with one attached hydrogen (secondary N) is 2. The molecule has 28 heavy (non-hydrogen) atoms. The molecule has 0 heterocycles. The van der Waals surface area contributed by atoms with Crippen LogP contribution in [0.25, 0.3) is 0 Å². The van der Waals surface area contributed by atoms with Crippen molar-refractivity contribution in [3.63, 3.8) is 0 Å². The molecule has 2 amide bonds. The summed E-state index contributed by atoms with van der Waals surface area (Å²) < 4.78 is 17.9. The molecule has 0 saturated carbocycles. The molecule has 148 valence electrons. The summed E-state index contributed by atoms with van der Waals surface area (Å²) >= 11 is 1.14. The van der Waals surface area contributed by atoms with Gasteiger partial charge in [-0.15, -0.1) is 11.8 Å². The number of esters is 1. The van der Waals surface area contributed by atoms with Crippen LogP contribution in [0.4, 0.5) is 15.8 Å². The van der Waals surface area contributed by atoms with Gasteiger partial charge in [0.05, 0.1) is 23.7 Å². The first kappa shape index (κ1) is 21.4. The first-order valence-electron chi connectivity index (χ1n) is 8.68. The first-order chi connectivity index (χ1) is 13.5. The normalized spacial score (nSPS) is 10.2. The standard InChI is InChI=1S/C20H21FN2O4S/c1-2-10-27-20(26)14-4-3-5-17(11-14)23-19(25)13-28-12-18(24)22-16-8-6-15(21)7-9-16/h3-9,11H,2,10,12-13H2,1H3,(H,22,24)(H,23,25). The van der Waals surface area contributed by atoms with Crippen LogP contribution in [0.5, 0.6) is 0 Å². The molecule has 0 bridgehead atoms. The number of hydrogen-bond donors (Lipinski definition) is 2. The van der Waals surface area contributed by atoms with E-state index in [2.05, 4.69) is 10.6 Å². The van der Waals surface area contributed by atoms with Gasteiger partial charge in [0.15, 0.2) is 0 Å². The van der Waals surface area contributed by atoms with Gasteiger partial charge in [-0.2, -0.15) is 0 Å². The lowest BCUT2D eigenvalue weighted by Crippen LogP contribution is -2.18. The summed E-state index contributed by atoms with van der Waals surface area (Å²) in [4.78, 5) is 35.7. The molecule has 2 aromatic rings. The Labute approximate surface area is 166 Å². The molecule has 0 unspecified atom stereocenters. The Morgan fingerprint density at radius 3 is 2.25 bits per heavy atom. The molecule has 6 nitrogen and oxygen atoms in total. The molecule has 0 aliphatic carbocycles. The van der Waals surface area contributed by atoms with Gasteiger partial charge in [-0.3, -0.25) is 9.59 Å². The van der Waals surface area contributed by atoms with E-state index in [0.717, 1.165) is 18.2 Å². The van der Waals surface area contributed by atoms with Crippen LogP contribution >= 0.6 is 11.8 Å². The highest BCUT2D eigenvalue weighted by Crippen LogP contribution is 2.13. The highest BCUT2D eigenvalue weighted by Gasteiger charge is 2.10. The van der Waals surface area contributed by atoms with Crippen molar-refractivity contribution < 1.29 is 23.5 Å². The van der Waals surface area contributed by atoms with Crippen LogP contribution in [0, 0.1) is 5.82 Å². The molecule has 0 saturated heterocycles. The number of rotatable bonds is 9. The maximum atomic E-state index is 12.8. The van der Waals surface area contributed by atoms with E-state index in [9.17, 15) is 18.8 Å². The number of benzene rings is 2. The minimum Gasteiger partial charge on any atom is -0.462 e. The number of hydrogen-bond acceptors (Lipinski definition) is 5. The van der Waals surface area contributed by atoms with Crippen molar-refractivity contribution in [1.82, 2.24) is 0 Å². The molecule has 0 aliphatic heterocycles. The monoisotopic (exact) mass is 404 g/mol. The lowest BCUT2D eigenvalue weighted by atomic mass is 10.2. The van der Waals surface area contributed by atoms with E-state index in [4.69, 9.17) is 4.74 Å². The van der Waals surface area contributed by atoms with E-state index >= 15 is 0 Å². The third kappa shape index (κ3) is 7.40. The van der Waals surface area contributed by atoms with Gasteiger partial charge in [0.25, 0.3) is 0 Å². The zero-order valence-electron chi connectivity index (χ0n) is 15.4. The average Bonchev–Trinajstić information content (AvgIpc) is 2.68. The summed E-state index contributed by atoms with van der Waals surface area (Å²) in [7, 11) is 0. The number of halogens is 1. The Kier molecular flexibility index (Phi) is 8.48. The minimum absolute atomic E-state index is 0.0708. The van der Waals surface area contributed by atoms with E-state index in [1.54, 1.807) is 24.3 Å². The van der Waals surface area contributed by atoms with Crippen molar-refractivity contribution in [3.8, 4) is 0 Å². The summed E-state index contributed by atoms with van der Waals surface area (Å²) in [6.07, 6.45) is 0.730. The Balaban J connectivity index is 1.75. The van der Waals surface area contributed by atoms with Gasteiger partial charge in [0, 0.05) is 11.4 Å².